The predicted octanol–water partition coefficient (Wildman–Crippen LogP) is 2.79. The van der Waals surface area contributed by atoms with Gasteiger partial charge in [-0.2, -0.15) is 0 Å². The van der Waals surface area contributed by atoms with Crippen molar-refractivity contribution in [1.29, 1.82) is 0 Å². The van der Waals surface area contributed by atoms with Crippen LogP contribution in [0, 0.1) is 22.0 Å². The van der Waals surface area contributed by atoms with Gasteiger partial charge in [0.05, 0.1) is 22.4 Å². The zero-order valence-corrected chi connectivity index (χ0v) is 18.2. The van der Waals surface area contributed by atoms with Crippen LogP contribution in [0.2, 0.25) is 0 Å². The van der Waals surface area contributed by atoms with Crippen LogP contribution >= 0.6 is 15.9 Å². The molecule has 4 atom stereocenters. The quantitative estimate of drug-likeness (QED) is 0.388. The Labute approximate surface area is 190 Å². The lowest BCUT2D eigenvalue weighted by Crippen LogP contribution is -2.54. The second kappa shape index (κ2) is 6.46. The number of hydrogen-bond donors (Lipinski definition) is 1. The van der Waals surface area contributed by atoms with E-state index < -0.39 is 28.2 Å². The summed E-state index contributed by atoms with van der Waals surface area (Å²) >= 11 is 3.48. The van der Waals surface area contributed by atoms with Crippen molar-refractivity contribution in [3.05, 3.63) is 62.6 Å². The second-order valence-corrected chi connectivity index (χ2v) is 9.52. The fourth-order valence-electron chi connectivity index (χ4n) is 6.15. The molecule has 0 bridgehead atoms. The molecule has 4 unspecified atom stereocenters. The summed E-state index contributed by atoms with van der Waals surface area (Å²) in [5, 5.41) is 13.9. The maximum absolute atomic E-state index is 13.8. The first-order chi connectivity index (χ1) is 15.4. The Balaban J connectivity index is 1.51. The number of amides is 3. The molecule has 2 aromatic rings. The third-order valence-electron chi connectivity index (χ3n) is 7.27. The van der Waals surface area contributed by atoms with Gasteiger partial charge >= 0.3 is 0 Å². The van der Waals surface area contributed by atoms with Crippen molar-refractivity contribution in [2.75, 3.05) is 16.8 Å². The Kier molecular flexibility index (Phi) is 3.95. The van der Waals surface area contributed by atoms with E-state index in [0.717, 1.165) is 22.2 Å². The molecule has 6 rings (SSSR count). The van der Waals surface area contributed by atoms with Crippen molar-refractivity contribution in [3.8, 4) is 0 Å². The number of fused-ring (bicyclic) bond motifs is 7. The van der Waals surface area contributed by atoms with Crippen LogP contribution in [-0.4, -0.2) is 40.1 Å². The number of nitro benzene ring substituents is 1. The third-order valence-corrected chi connectivity index (χ3v) is 7.77. The van der Waals surface area contributed by atoms with E-state index in [2.05, 4.69) is 26.1 Å². The number of carbonyl (C=O) groups excluding carboxylic acids is 3. The number of non-ortho nitro benzene ring substituents is 1. The van der Waals surface area contributed by atoms with Gasteiger partial charge in [0.15, 0.2) is 0 Å². The number of halogens is 1. The van der Waals surface area contributed by atoms with E-state index in [9.17, 15) is 24.5 Å². The van der Waals surface area contributed by atoms with Crippen molar-refractivity contribution < 1.29 is 19.3 Å². The summed E-state index contributed by atoms with van der Waals surface area (Å²) in [6, 6.07) is 10.6. The highest BCUT2D eigenvalue weighted by Gasteiger charge is 2.74. The van der Waals surface area contributed by atoms with E-state index in [1.54, 1.807) is 6.07 Å². The van der Waals surface area contributed by atoms with E-state index in [1.165, 1.54) is 24.3 Å². The molecule has 0 saturated carbocycles. The average molecular weight is 497 g/mol. The minimum Gasteiger partial charge on any atom is -0.324 e. The van der Waals surface area contributed by atoms with Gasteiger partial charge < -0.3 is 5.32 Å². The smallest absolute Gasteiger partial charge is 0.269 e. The lowest BCUT2D eigenvalue weighted by atomic mass is 9.75. The van der Waals surface area contributed by atoms with E-state index in [4.69, 9.17) is 0 Å². The second-order valence-electron chi connectivity index (χ2n) is 8.60. The summed E-state index contributed by atoms with van der Waals surface area (Å²) in [7, 11) is 0. The highest BCUT2D eigenvalue weighted by atomic mass is 79.9. The first kappa shape index (κ1) is 19.6. The van der Waals surface area contributed by atoms with Crippen LogP contribution in [0.1, 0.15) is 18.4 Å². The Hall–Kier alpha value is -3.11. The van der Waals surface area contributed by atoms with Crippen LogP contribution in [-0.2, 0) is 19.9 Å². The molecule has 32 heavy (non-hydrogen) atoms. The van der Waals surface area contributed by atoms with Crippen LogP contribution < -0.4 is 10.2 Å². The number of nitrogens with zero attached hydrogens (tertiary/aromatic N) is 3. The van der Waals surface area contributed by atoms with Gasteiger partial charge in [-0.25, -0.2) is 4.90 Å². The van der Waals surface area contributed by atoms with Crippen LogP contribution in [0.15, 0.2) is 46.9 Å². The molecular weight excluding hydrogens is 480 g/mol. The van der Waals surface area contributed by atoms with Crippen molar-refractivity contribution in [2.24, 2.45) is 11.8 Å². The standard InChI is InChI=1S/C22H17BrN4O5/c23-11-3-8-15-14(10-11)22(21(30)24-15)18-17(16-2-1-9-25(16)22)19(28)26(20(18)29)12-4-6-13(7-5-12)27(31)32/h3-8,10,16-18H,1-2,9H2,(H,24,30). The number of nitro groups is 1. The molecule has 10 heteroatoms. The Morgan fingerprint density at radius 1 is 1.09 bits per heavy atom. The van der Waals surface area contributed by atoms with Crippen LogP contribution in [0.25, 0.3) is 0 Å². The highest BCUT2D eigenvalue weighted by molar-refractivity contribution is 9.10. The third kappa shape index (κ3) is 2.23. The first-order valence-corrected chi connectivity index (χ1v) is 11.2. The van der Waals surface area contributed by atoms with Crippen molar-refractivity contribution in [2.45, 2.75) is 24.4 Å². The molecule has 0 aliphatic carbocycles. The van der Waals surface area contributed by atoms with Gasteiger partial charge in [-0.3, -0.25) is 29.4 Å². The molecular formula is C22H17BrN4O5. The normalized spacial score (nSPS) is 30.6. The molecule has 0 aromatic heterocycles. The molecule has 0 radical (unpaired) electrons. The van der Waals surface area contributed by atoms with E-state index in [-0.39, 0.29) is 29.2 Å². The Morgan fingerprint density at radius 3 is 2.56 bits per heavy atom. The summed E-state index contributed by atoms with van der Waals surface area (Å²) in [5.41, 5.74) is 0.280. The fraction of sp³-hybridized carbons (Fsp3) is 0.318. The van der Waals surface area contributed by atoms with E-state index in [1.807, 2.05) is 12.1 Å². The number of carbonyl (C=O) groups is 3. The lowest BCUT2D eigenvalue weighted by molar-refractivity contribution is -0.384. The van der Waals surface area contributed by atoms with Crippen molar-refractivity contribution in [3.63, 3.8) is 0 Å². The van der Waals surface area contributed by atoms with Crippen LogP contribution in [0.5, 0.6) is 0 Å². The lowest BCUT2D eigenvalue weighted by Gasteiger charge is -2.36. The molecule has 3 amide bonds. The summed E-state index contributed by atoms with van der Waals surface area (Å²) < 4.78 is 0.787. The molecule has 4 heterocycles. The van der Waals surface area contributed by atoms with Gasteiger partial charge in [-0.05, 0) is 49.7 Å². The summed E-state index contributed by atoms with van der Waals surface area (Å²) in [5.74, 6) is -2.57. The SMILES string of the molecule is O=C1C2C3CCCN3C3(C(=O)Nc4ccc(Br)cc43)C2C(=O)N1c1ccc([N+](=O)[O-])cc1. The molecule has 3 saturated heterocycles. The Morgan fingerprint density at radius 2 is 1.84 bits per heavy atom. The number of hydrogen-bond acceptors (Lipinski definition) is 6. The van der Waals surface area contributed by atoms with Gasteiger partial charge in [-0.15, -0.1) is 0 Å². The summed E-state index contributed by atoms with van der Waals surface area (Å²) in [6.45, 7) is 0.634. The highest BCUT2D eigenvalue weighted by Crippen LogP contribution is 2.60. The van der Waals surface area contributed by atoms with Crippen LogP contribution in [0.3, 0.4) is 0 Å². The number of imide groups is 1. The summed E-state index contributed by atoms with van der Waals surface area (Å²) in [4.78, 5) is 54.6. The summed E-state index contributed by atoms with van der Waals surface area (Å²) in [6.07, 6.45) is 1.57. The molecule has 9 nitrogen and oxygen atoms in total. The minimum absolute atomic E-state index is 0.125. The topological polar surface area (TPSA) is 113 Å². The van der Waals surface area contributed by atoms with Gasteiger partial charge in [-0.1, -0.05) is 15.9 Å². The van der Waals surface area contributed by atoms with Gasteiger partial charge in [0, 0.05) is 33.9 Å². The number of benzene rings is 2. The molecule has 162 valence electrons. The van der Waals surface area contributed by atoms with E-state index in [0.29, 0.717) is 17.8 Å². The largest absolute Gasteiger partial charge is 0.324 e. The number of rotatable bonds is 2. The van der Waals surface area contributed by atoms with Gasteiger partial charge in [0.2, 0.25) is 17.7 Å². The van der Waals surface area contributed by atoms with Crippen molar-refractivity contribution in [1.82, 2.24) is 4.90 Å². The predicted molar refractivity (Wildman–Crippen MR) is 117 cm³/mol. The van der Waals surface area contributed by atoms with Gasteiger partial charge in [0.1, 0.15) is 5.54 Å². The first-order valence-electron chi connectivity index (χ1n) is 10.4. The average Bonchev–Trinajstić information content (AvgIpc) is 3.47. The molecule has 4 aliphatic rings. The number of anilines is 2. The number of nitrogens with one attached hydrogen (secondary N) is 1. The van der Waals surface area contributed by atoms with Crippen molar-refractivity contribution >= 4 is 50.7 Å². The zero-order chi connectivity index (χ0) is 22.4. The minimum atomic E-state index is -1.24. The van der Waals surface area contributed by atoms with Gasteiger partial charge in [0.25, 0.3) is 5.69 Å². The maximum atomic E-state index is 13.8. The fourth-order valence-corrected chi connectivity index (χ4v) is 6.51. The Bertz CT molecular complexity index is 1230. The van der Waals surface area contributed by atoms with E-state index >= 15 is 0 Å². The van der Waals surface area contributed by atoms with Crippen LogP contribution in [0.4, 0.5) is 17.1 Å². The monoisotopic (exact) mass is 496 g/mol. The molecule has 1 N–H and O–H groups in total. The molecule has 4 aliphatic heterocycles. The maximum Gasteiger partial charge on any atom is 0.269 e. The molecule has 3 fully saturated rings. The zero-order valence-electron chi connectivity index (χ0n) is 16.7. The molecule has 2 aromatic carbocycles. The molecule has 1 spiro atoms.